The summed E-state index contributed by atoms with van der Waals surface area (Å²) in [5, 5.41) is 8.85. The maximum absolute atomic E-state index is 10.8. The summed E-state index contributed by atoms with van der Waals surface area (Å²) in [6.45, 7) is 5.24. The van der Waals surface area contributed by atoms with Gasteiger partial charge in [-0.1, -0.05) is 38.1 Å². The molecule has 1 aromatic carbocycles. The third kappa shape index (κ3) is 4.57. The second kappa shape index (κ2) is 6.40. The van der Waals surface area contributed by atoms with Crippen molar-refractivity contribution < 1.29 is 9.90 Å². The van der Waals surface area contributed by atoms with Crippen molar-refractivity contribution in [3.63, 3.8) is 0 Å². The van der Waals surface area contributed by atoms with Crippen LogP contribution in [0, 0.1) is 5.92 Å². The summed E-state index contributed by atoms with van der Waals surface area (Å²) < 4.78 is 0. The first kappa shape index (κ1) is 13.7. The normalized spacial score (nSPS) is 12.7. The molecule has 0 amide bonds. The first-order valence-corrected chi connectivity index (χ1v) is 6.02. The molecule has 0 spiro atoms. The molecule has 3 heteroatoms. The van der Waals surface area contributed by atoms with Crippen molar-refractivity contribution in [2.75, 3.05) is 13.6 Å². The van der Waals surface area contributed by atoms with Crippen LogP contribution in [-0.2, 0) is 17.8 Å². The molecule has 1 aromatic rings. The Morgan fingerprint density at radius 2 is 2.06 bits per heavy atom. The maximum Gasteiger partial charge on any atom is 0.307 e. The van der Waals surface area contributed by atoms with Crippen LogP contribution in [0.4, 0.5) is 0 Å². The second-order valence-corrected chi connectivity index (χ2v) is 4.61. The molecule has 17 heavy (non-hydrogen) atoms. The summed E-state index contributed by atoms with van der Waals surface area (Å²) in [4.78, 5) is 12.8. The first-order chi connectivity index (χ1) is 8.02. The van der Waals surface area contributed by atoms with E-state index in [9.17, 15) is 4.79 Å². The Bertz CT molecular complexity index is 376. The third-order valence-corrected chi connectivity index (χ3v) is 2.86. The smallest absolute Gasteiger partial charge is 0.307 e. The van der Waals surface area contributed by atoms with Crippen molar-refractivity contribution in [3.05, 3.63) is 35.4 Å². The van der Waals surface area contributed by atoms with Gasteiger partial charge in [-0.25, -0.2) is 0 Å². The zero-order valence-electron chi connectivity index (χ0n) is 10.8. The molecule has 1 unspecified atom stereocenters. The molecule has 1 N–H and O–H groups in total. The van der Waals surface area contributed by atoms with E-state index in [1.54, 1.807) is 6.92 Å². The van der Waals surface area contributed by atoms with Gasteiger partial charge in [0.25, 0.3) is 0 Å². The van der Waals surface area contributed by atoms with Gasteiger partial charge in [0.2, 0.25) is 0 Å². The molecular weight excluding hydrogens is 214 g/mol. The van der Waals surface area contributed by atoms with Crippen molar-refractivity contribution >= 4 is 5.97 Å². The first-order valence-electron chi connectivity index (χ1n) is 6.02. The van der Waals surface area contributed by atoms with Gasteiger partial charge in [-0.05, 0) is 24.6 Å². The van der Waals surface area contributed by atoms with Gasteiger partial charge in [-0.15, -0.1) is 0 Å². The van der Waals surface area contributed by atoms with Crippen LogP contribution < -0.4 is 0 Å². The van der Waals surface area contributed by atoms with Crippen LogP contribution >= 0.6 is 0 Å². The van der Waals surface area contributed by atoms with Crippen LogP contribution in [0.25, 0.3) is 0 Å². The Labute approximate surface area is 103 Å². The van der Waals surface area contributed by atoms with E-state index in [1.807, 2.05) is 11.9 Å². The molecule has 0 aliphatic heterocycles. The number of nitrogens with zero attached hydrogens (tertiary/aromatic N) is 1. The minimum atomic E-state index is -0.737. The van der Waals surface area contributed by atoms with Gasteiger partial charge in [-0.3, -0.25) is 4.79 Å². The molecule has 0 saturated carbocycles. The number of rotatable bonds is 6. The highest BCUT2D eigenvalue weighted by Gasteiger charge is 2.13. The van der Waals surface area contributed by atoms with E-state index < -0.39 is 5.97 Å². The van der Waals surface area contributed by atoms with Crippen LogP contribution in [0.2, 0.25) is 0 Å². The lowest BCUT2D eigenvalue weighted by atomic mass is 10.1. The Balaban J connectivity index is 2.55. The molecule has 0 bridgehead atoms. The van der Waals surface area contributed by atoms with Crippen LogP contribution in [0.15, 0.2) is 24.3 Å². The monoisotopic (exact) mass is 235 g/mol. The average Bonchev–Trinajstić information content (AvgIpc) is 2.28. The molecule has 1 atom stereocenters. The van der Waals surface area contributed by atoms with Gasteiger partial charge in [0.15, 0.2) is 0 Å². The van der Waals surface area contributed by atoms with Crippen molar-refractivity contribution in [3.8, 4) is 0 Å². The lowest BCUT2D eigenvalue weighted by Crippen LogP contribution is -2.28. The number of carboxylic acids is 1. The fraction of sp³-hybridized carbons (Fsp3) is 0.500. The quantitative estimate of drug-likeness (QED) is 0.823. The van der Waals surface area contributed by atoms with Gasteiger partial charge in [0.1, 0.15) is 0 Å². The predicted octanol–water partition coefficient (Wildman–Crippen LogP) is 2.40. The molecule has 3 nitrogen and oxygen atoms in total. The number of aryl methyl sites for hydroxylation is 1. The van der Waals surface area contributed by atoms with Crippen LogP contribution in [-0.4, -0.2) is 29.6 Å². The minimum absolute atomic E-state index is 0.325. The van der Waals surface area contributed by atoms with Gasteiger partial charge in [0.05, 0.1) is 5.92 Å². The number of carboxylic acid groups (broad SMARTS) is 1. The summed E-state index contributed by atoms with van der Waals surface area (Å²) in [5.41, 5.74) is 2.56. The molecular formula is C14H21NO2. The summed E-state index contributed by atoms with van der Waals surface area (Å²) in [6.07, 6.45) is 1.03. The van der Waals surface area contributed by atoms with Crippen LogP contribution in [0.1, 0.15) is 25.0 Å². The molecule has 0 heterocycles. The van der Waals surface area contributed by atoms with Crippen molar-refractivity contribution in [1.29, 1.82) is 0 Å². The van der Waals surface area contributed by atoms with E-state index in [1.165, 1.54) is 11.1 Å². The van der Waals surface area contributed by atoms with Crippen molar-refractivity contribution in [1.82, 2.24) is 4.90 Å². The maximum atomic E-state index is 10.8. The topological polar surface area (TPSA) is 40.5 Å². The Morgan fingerprint density at radius 3 is 2.65 bits per heavy atom. The molecule has 0 aliphatic rings. The number of aliphatic carboxylic acids is 1. The third-order valence-electron chi connectivity index (χ3n) is 2.86. The van der Waals surface area contributed by atoms with Gasteiger partial charge >= 0.3 is 5.97 Å². The summed E-state index contributed by atoms with van der Waals surface area (Å²) in [6, 6.07) is 8.44. The Hall–Kier alpha value is -1.35. The second-order valence-electron chi connectivity index (χ2n) is 4.61. The van der Waals surface area contributed by atoms with Gasteiger partial charge in [0, 0.05) is 13.1 Å². The summed E-state index contributed by atoms with van der Waals surface area (Å²) in [7, 11) is 1.96. The summed E-state index contributed by atoms with van der Waals surface area (Å²) >= 11 is 0. The van der Waals surface area contributed by atoms with E-state index in [-0.39, 0.29) is 5.92 Å². The van der Waals surface area contributed by atoms with Crippen LogP contribution in [0.3, 0.4) is 0 Å². The molecule has 94 valence electrons. The highest BCUT2D eigenvalue weighted by Crippen LogP contribution is 2.09. The van der Waals surface area contributed by atoms with Crippen molar-refractivity contribution in [2.24, 2.45) is 5.92 Å². The average molecular weight is 235 g/mol. The summed E-state index contributed by atoms with van der Waals surface area (Å²) in [5.74, 6) is -1.06. The van der Waals surface area contributed by atoms with E-state index >= 15 is 0 Å². The molecule has 0 fully saturated rings. The molecule has 0 aromatic heterocycles. The zero-order valence-corrected chi connectivity index (χ0v) is 10.8. The number of benzene rings is 1. The molecule has 0 radical (unpaired) electrons. The number of hydrogen-bond acceptors (Lipinski definition) is 2. The fourth-order valence-corrected chi connectivity index (χ4v) is 1.87. The molecule has 1 rings (SSSR count). The van der Waals surface area contributed by atoms with E-state index in [4.69, 9.17) is 5.11 Å². The molecule has 0 aliphatic carbocycles. The van der Waals surface area contributed by atoms with Crippen LogP contribution in [0.5, 0.6) is 0 Å². The highest BCUT2D eigenvalue weighted by molar-refractivity contribution is 5.69. The van der Waals surface area contributed by atoms with E-state index in [0.29, 0.717) is 6.54 Å². The predicted molar refractivity (Wildman–Crippen MR) is 69.0 cm³/mol. The largest absolute Gasteiger partial charge is 0.481 e. The SMILES string of the molecule is CCc1cccc(CN(C)CC(C)C(=O)O)c1. The lowest BCUT2D eigenvalue weighted by molar-refractivity contribution is -0.141. The highest BCUT2D eigenvalue weighted by atomic mass is 16.4. The van der Waals surface area contributed by atoms with E-state index in [2.05, 4.69) is 31.2 Å². The van der Waals surface area contributed by atoms with Gasteiger partial charge in [-0.2, -0.15) is 0 Å². The number of carbonyl (C=O) groups is 1. The number of hydrogen-bond donors (Lipinski definition) is 1. The lowest BCUT2D eigenvalue weighted by Gasteiger charge is -2.19. The Kier molecular flexibility index (Phi) is 5.16. The van der Waals surface area contributed by atoms with E-state index in [0.717, 1.165) is 13.0 Å². The Morgan fingerprint density at radius 1 is 1.41 bits per heavy atom. The zero-order chi connectivity index (χ0) is 12.8. The molecule has 0 saturated heterocycles. The van der Waals surface area contributed by atoms with Gasteiger partial charge < -0.3 is 10.0 Å². The van der Waals surface area contributed by atoms with Crippen molar-refractivity contribution in [2.45, 2.75) is 26.8 Å². The standard InChI is InChI=1S/C14H21NO2/c1-4-12-6-5-7-13(8-12)10-15(3)9-11(2)14(16)17/h5-8,11H,4,9-10H2,1-3H3,(H,16,17). The minimum Gasteiger partial charge on any atom is -0.481 e. The fourth-order valence-electron chi connectivity index (χ4n) is 1.87.